The van der Waals surface area contributed by atoms with Gasteiger partial charge in [-0.25, -0.2) is 0 Å². The first-order chi connectivity index (χ1) is 8.58. The summed E-state index contributed by atoms with van der Waals surface area (Å²) in [5.41, 5.74) is 2.53. The lowest BCUT2D eigenvalue weighted by Crippen LogP contribution is -2.20. The molecule has 2 aromatic carbocycles. The molecular weight excluding hydrogens is 231 g/mol. The molecule has 0 spiro atoms. The van der Waals surface area contributed by atoms with Gasteiger partial charge in [-0.3, -0.25) is 0 Å². The van der Waals surface area contributed by atoms with Crippen LogP contribution in [0.2, 0.25) is 0 Å². The van der Waals surface area contributed by atoms with Gasteiger partial charge in [-0.05, 0) is 18.6 Å². The molecule has 0 amide bonds. The molecule has 0 aliphatic heterocycles. The summed E-state index contributed by atoms with van der Waals surface area (Å²) in [7, 11) is -1.95. The fourth-order valence-electron chi connectivity index (χ4n) is 1.70. The molecule has 3 N–H and O–H groups in total. The second-order valence-electron chi connectivity index (χ2n) is 3.96. The van der Waals surface area contributed by atoms with E-state index in [-0.39, 0.29) is 11.5 Å². The zero-order chi connectivity index (χ0) is 13.1. The average molecular weight is 244 g/mol. The quantitative estimate of drug-likeness (QED) is 0.719. The number of aromatic hydroxyl groups is 1. The second-order valence-corrected chi connectivity index (χ2v) is 3.96. The highest BCUT2D eigenvalue weighted by molar-refractivity contribution is 6.33. The third kappa shape index (κ3) is 2.64. The summed E-state index contributed by atoms with van der Waals surface area (Å²) in [6.07, 6.45) is 0. The number of benzene rings is 2. The maximum Gasteiger partial charge on any atom is 0.707 e. The van der Waals surface area contributed by atoms with Gasteiger partial charge in [-0.1, -0.05) is 42.0 Å². The molecule has 0 heterocycles. The molecule has 0 aromatic heterocycles. The summed E-state index contributed by atoms with van der Waals surface area (Å²) in [6, 6.07) is 12.5. The largest absolute Gasteiger partial charge is 0.707 e. The number of rotatable bonds is 3. The van der Waals surface area contributed by atoms with Gasteiger partial charge in [-0.2, -0.15) is 0 Å². The van der Waals surface area contributed by atoms with Gasteiger partial charge in [0.25, 0.3) is 0 Å². The predicted molar refractivity (Wildman–Crippen MR) is 69.1 cm³/mol. The normalized spacial score (nSPS) is 10.2. The molecule has 0 aliphatic carbocycles. The number of hydrogen-bond donors (Lipinski definition) is 3. The van der Waals surface area contributed by atoms with Crippen LogP contribution in [0, 0.1) is 6.92 Å². The smallest absolute Gasteiger partial charge is 0.509 e. The summed E-state index contributed by atoms with van der Waals surface area (Å²) >= 11 is 0. The van der Waals surface area contributed by atoms with Crippen molar-refractivity contribution in [1.29, 1.82) is 0 Å². The molecule has 0 unspecified atom stereocenters. The van der Waals surface area contributed by atoms with Gasteiger partial charge in [0, 0.05) is 5.56 Å². The van der Waals surface area contributed by atoms with Gasteiger partial charge in [0.1, 0.15) is 5.75 Å². The van der Waals surface area contributed by atoms with E-state index in [1.807, 2.05) is 31.2 Å². The molecule has 0 radical (unpaired) electrons. The molecular formula is C13H13BO4. The summed E-state index contributed by atoms with van der Waals surface area (Å²) in [5.74, 6) is -0.0856. The molecule has 0 bridgehead atoms. The fourth-order valence-corrected chi connectivity index (χ4v) is 1.70. The molecule has 0 aliphatic rings. The van der Waals surface area contributed by atoms with Crippen molar-refractivity contribution in [3.63, 3.8) is 0 Å². The molecule has 0 saturated heterocycles. The lowest BCUT2D eigenvalue weighted by atomic mass is 10.0. The van der Waals surface area contributed by atoms with E-state index in [1.165, 1.54) is 6.07 Å². The Labute approximate surface area is 105 Å². The van der Waals surface area contributed by atoms with Crippen LogP contribution in [0.4, 0.5) is 0 Å². The zero-order valence-electron chi connectivity index (χ0n) is 9.87. The first kappa shape index (κ1) is 12.5. The molecule has 4 nitrogen and oxygen atoms in total. The second kappa shape index (κ2) is 5.12. The third-order valence-corrected chi connectivity index (χ3v) is 2.59. The number of aryl methyl sites for hydroxylation is 1. The Morgan fingerprint density at radius 1 is 1.00 bits per heavy atom. The average Bonchev–Trinajstić information content (AvgIpc) is 2.33. The standard InChI is InChI=1S/C13H13BO4/c1-9-5-7-10(8-6-9)11-3-2-4-12(13(11)15)18-14(16)17/h2-8,15-17H,1H3. The number of hydrogen-bond acceptors (Lipinski definition) is 4. The highest BCUT2D eigenvalue weighted by Gasteiger charge is 2.16. The Morgan fingerprint density at radius 3 is 2.28 bits per heavy atom. The SMILES string of the molecule is Cc1ccc(-c2cccc(OB(O)O)c2O)cc1. The minimum absolute atomic E-state index is 0.0306. The Kier molecular flexibility index (Phi) is 3.55. The van der Waals surface area contributed by atoms with E-state index in [4.69, 9.17) is 14.7 Å². The third-order valence-electron chi connectivity index (χ3n) is 2.59. The van der Waals surface area contributed by atoms with E-state index in [9.17, 15) is 5.11 Å². The number of phenols is 1. The van der Waals surface area contributed by atoms with Gasteiger partial charge < -0.3 is 19.8 Å². The van der Waals surface area contributed by atoms with Crippen molar-refractivity contribution in [2.45, 2.75) is 6.92 Å². The van der Waals surface area contributed by atoms with Gasteiger partial charge in [-0.15, -0.1) is 0 Å². The first-order valence-corrected chi connectivity index (χ1v) is 5.50. The summed E-state index contributed by atoms with van der Waals surface area (Å²) in [6.45, 7) is 1.98. The van der Waals surface area contributed by atoms with Crippen molar-refractivity contribution in [3.8, 4) is 22.6 Å². The van der Waals surface area contributed by atoms with E-state index in [2.05, 4.69) is 0 Å². The number of para-hydroxylation sites is 1. The van der Waals surface area contributed by atoms with Crippen molar-refractivity contribution in [1.82, 2.24) is 0 Å². The van der Waals surface area contributed by atoms with Crippen LogP contribution in [0.3, 0.4) is 0 Å². The van der Waals surface area contributed by atoms with Crippen LogP contribution in [0.5, 0.6) is 11.5 Å². The maximum atomic E-state index is 10.0. The molecule has 0 atom stereocenters. The lowest BCUT2D eigenvalue weighted by molar-refractivity contribution is 0.281. The summed E-state index contributed by atoms with van der Waals surface area (Å²) in [5, 5.41) is 27.5. The molecule has 0 saturated carbocycles. The van der Waals surface area contributed by atoms with Gasteiger partial charge in [0.2, 0.25) is 0 Å². The van der Waals surface area contributed by atoms with E-state index >= 15 is 0 Å². The maximum absolute atomic E-state index is 10.0. The summed E-state index contributed by atoms with van der Waals surface area (Å²) in [4.78, 5) is 0. The van der Waals surface area contributed by atoms with Crippen LogP contribution < -0.4 is 4.65 Å². The van der Waals surface area contributed by atoms with Crippen LogP contribution in [-0.2, 0) is 0 Å². The van der Waals surface area contributed by atoms with E-state index < -0.39 is 7.32 Å². The van der Waals surface area contributed by atoms with Crippen molar-refractivity contribution in [2.75, 3.05) is 0 Å². The van der Waals surface area contributed by atoms with Crippen molar-refractivity contribution in [2.24, 2.45) is 0 Å². The Morgan fingerprint density at radius 2 is 1.67 bits per heavy atom. The highest BCUT2D eigenvalue weighted by atomic mass is 16.6. The minimum atomic E-state index is -1.95. The fraction of sp³-hybridized carbons (Fsp3) is 0.0769. The van der Waals surface area contributed by atoms with E-state index in [0.717, 1.165) is 11.1 Å². The first-order valence-electron chi connectivity index (χ1n) is 5.50. The Balaban J connectivity index is 2.42. The molecule has 18 heavy (non-hydrogen) atoms. The van der Waals surface area contributed by atoms with Crippen molar-refractivity contribution >= 4 is 7.32 Å². The van der Waals surface area contributed by atoms with Crippen LogP contribution in [0.15, 0.2) is 42.5 Å². The summed E-state index contributed by atoms with van der Waals surface area (Å²) < 4.78 is 4.69. The molecule has 92 valence electrons. The van der Waals surface area contributed by atoms with Crippen LogP contribution in [0.25, 0.3) is 11.1 Å². The van der Waals surface area contributed by atoms with Crippen LogP contribution in [-0.4, -0.2) is 22.5 Å². The van der Waals surface area contributed by atoms with Crippen molar-refractivity contribution in [3.05, 3.63) is 48.0 Å². The molecule has 0 fully saturated rings. The molecule has 2 rings (SSSR count). The zero-order valence-corrected chi connectivity index (χ0v) is 9.87. The van der Waals surface area contributed by atoms with Crippen LogP contribution in [0.1, 0.15) is 5.56 Å². The van der Waals surface area contributed by atoms with E-state index in [0.29, 0.717) is 5.56 Å². The lowest BCUT2D eigenvalue weighted by Gasteiger charge is -2.11. The number of phenolic OH excluding ortho intramolecular Hbond substituents is 1. The van der Waals surface area contributed by atoms with Gasteiger partial charge in [0.05, 0.1) is 0 Å². The minimum Gasteiger partial charge on any atom is -0.509 e. The molecule has 5 heteroatoms. The topological polar surface area (TPSA) is 69.9 Å². The molecule has 2 aromatic rings. The monoisotopic (exact) mass is 244 g/mol. The van der Waals surface area contributed by atoms with Gasteiger partial charge >= 0.3 is 7.32 Å². The Hall–Kier alpha value is -1.98. The van der Waals surface area contributed by atoms with Crippen molar-refractivity contribution < 1.29 is 19.8 Å². The van der Waals surface area contributed by atoms with Crippen LogP contribution >= 0.6 is 0 Å². The predicted octanol–water partition coefficient (Wildman–Crippen LogP) is 1.72. The van der Waals surface area contributed by atoms with E-state index in [1.54, 1.807) is 12.1 Å². The Bertz CT molecular complexity index is 537. The van der Waals surface area contributed by atoms with Gasteiger partial charge in [0.15, 0.2) is 5.75 Å². The highest BCUT2D eigenvalue weighted by Crippen LogP contribution is 2.36.